The van der Waals surface area contributed by atoms with Crippen LogP contribution in [0.25, 0.3) is 11.1 Å². The molecule has 0 bridgehead atoms. The van der Waals surface area contributed by atoms with Gasteiger partial charge in [-0.05, 0) is 64.8 Å². The Bertz CT molecular complexity index is 1660. The summed E-state index contributed by atoms with van der Waals surface area (Å²) in [5.41, 5.74) is 1.65. The molecule has 8 nitrogen and oxygen atoms in total. The van der Waals surface area contributed by atoms with Crippen molar-refractivity contribution in [1.29, 1.82) is 0 Å². The molecule has 2 atom stereocenters. The molecule has 0 amide bonds. The molecule has 0 aliphatic heterocycles. The summed E-state index contributed by atoms with van der Waals surface area (Å²) in [5, 5.41) is 11.5. The predicted octanol–water partition coefficient (Wildman–Crippen LogP) is 6.98. The molecule has 3 aromatic carbocycles. The number of carbonyl (C=O) groups is 1. The largest absolute Gasteiger partial charge is 0.507 e. The third-order valence-corrected chi connectivity index (χ3v) is 7.57. The fourth-order valence-corrected chi connectivity index (χ4v) is 5.41. The van der Waals surface area contributed by atoms with E-state index in [1.165, 1.54) is 0 Å². The summed E-state index contributed by atoms with van der Waals surface area (Å²) in [7, 11) is 3.10. The summed E-state index contributed by atoms with van der Waals surface area (Å²) < 4.78 is 22.7. The summed E-state index contributed by atoms with van der Waals surface area (Å²) in [5.74, 6) is -1.51. The molecular weight excluding hydrogens is 546 g/mol. The highest BCUT2D eigenvalue weighted by molar-refractivity contribution is 5.81. The molecule has 4 rings (SSSR count). The van der Waals surface area contributed by atoms with Crippen LogP contribution in [0.15, 0.2) is 63.8 Å². The lowest BCUT2D eigenvalue weighted by Gasteiger charge is -2.32. The number of phenols is 1. The van der Waals surface area contributed by atoms with Gasteiger partial charge in [0.05, 0.1) is 20.8 Å². The molecule has 2 unspecified atom stereocenters. The fourth-order valence-electron chi connectivity index (χ4n) is 5.41. The van der Waals surface area contributed by atoms with Gasteiger partial charge in [-0.3, -0.25) is 4.79 Å². The van der Waals surface area contributed by atoms with E-state index in [1.54, 1.807) is 63.6 Å². The average molecular weight is 588 g/mol. The van der Waals surface area contributed by atoms with Gasteiger partial charge in [0.25, 0.3) is 0 Å². The van der Waals surface area contributed by atoms with Gasteiger partial charge in [0.15, 0.2) is 5.58 Å². The van der Waals surface area contributed by atoms with Gasteiger partial charge in [0.1, 0.15) is 34.4 Å². The lowest BCUT2D eigenvalue weighted by molar-refractivity contribution is -0.145. The van der Waals surface area contributed by atoms with E-state index in [2.05, 4.69) is 4.98 Å². The van der Waals surface area contributed by atoms with Gasteiger partial charge < -0.3 is 23.7 Å². The molecule has 0 saturated carbocycles. The Labute approximate surface area is 252 Å². The Morgan fingerprint density at radius 3 is 2.12 bits per heavy atom. The minimum atomic E-state index is -1.23. The van der Waals surface area contributed by atoms with Crippen LogP contribution in [-0.4, -0.2) is 36.9 Å². The average Bonchev–Trinajstić information content (AvgIpc) is 2.94. The number of hydrogen-bond donors (Lipinski definition) is 1. The van der Waals surface area contributed by atoms with Crippen LogP contribution in [-0.2, 0) is 20.4 Å². The number of benzene rings is 3. The van der Waals surface area contributed by atoms with Gasteiger partial charge in [-0.15, -0.1) is 0 Å². The minimum absolute atomic E-state index is 0.0882. The van der Waals surface area contributed by atoms with E-state index in [-0.39, 0.29) is 18.1 Å². The van der Waals surface area contributed by atoms with Crippen molar-refractivity contribution in [2.45, 2.75) is 71.1 Å². The van der Waals surface area contributed by atoms with Gasteiger partial charge in [-0.25, -0.2) is 9.78 Å². The highest BCUT2D eigenvalue weighted by atomic mass is 16.5. The van der Waals surface area contributed by atoms with E-state index in [9.17, 15) is 14.7 Å². The number of phenolic OH excluding ortho intramolecular Hbond substituents is 1. The van der Waals surface area contributed by atoms with Crippen LogP contribution < -0.4 is 15.1 Å². The lowest BCUT2D eigenvalue weighted by Crippen LogP contribution is -2.30. The van der Waals surface area contributed by atoms with Crippen LogP contribution in [0.5, 0.6) is 17.2 Å². The molecule has 0 aliphatic rings. The van der Waals surface area contributed by atoms with E-state index in [0.29, 0.717) is 44.9 Å². The van der Waals surface area contributed by atoms with Crippen LogP contribution in [0.2, 0.25) is 0 Å². The number of rotatable bonds is 8. The maximum atomic E-state index is 14.0. The summed E-state index contributed by atoms with van der Waals surface area (Å²) >= 11 is 0. The van der Waals surface area contributed by atoms with E-state index < -0.39 is 34.3 Å². The van der Waals surface area contributed by atoms with Crippen molar-refractivity contribution in [3.63, 3.8) is 0 Å². The second-order valence-electron chi connectivity index (χ2n) is 12.6. The highest BCUT2D eigenvalue weighted by Gasteiger charge is 2.41. The first-order valence-corrected chi connectivity index (χ1v) is 14.4. The molecule has 8 heteroatoms. The molecule has 1 N–H and O–H groups in total. The predicted molar refractivity (Wildman–Crippen MR) is 167 cm³/mol. The molecule has 228 valence electrons. The van der Waals surface area contributed by atoms with Crippen molar-refractivity contribution in [2.75, 3.05) is 20.8 Å². The zero-order chi connectivity index (χ0) is 31.7. The Hall–Kier alpha value is -4.33. The van der Waals surface area contributed by atoms with E-state index >= 15 is 0 Å². The molecule has 0 aliphatic carbocycles. The first-order valence-electron chi connectivity index (χ1n) is 14.4. The second-order valence-corrected chi connectivity index (χ2v) is 12.6. The highest BCUT2D eigenvalue weighted by Crippen LogP contribution is 2.48. The van der Waals surface area contributed by atoms with Gasteiger partial charge >= 0.3 is 11.6 Å². The molecular formula is C35H41NO7. The maximum absolute atomic E-state index is 14.0. The van der Waals surface area contributed by atoms with Gasteiger partial charge in [0, 0.05) is 11.5 Å². The van der Waals surface area contributed by atoms with Crippen LogP contribution >= 0.6 is 0 Å². The maximum Gasteiger partial charge on any atom is 0.359 e. The van der Waals surface area contributed by atoms with Crippen LogP contribution in [0.3, 0.4) is 0 Å². The van der Waals surface area contributed by atoms with E-state index in [0.717, 1.165) is 0 Å². The number of esters is 1. The van der Waals surface area contributed by atoms with Crippen molar-refractivity contribution < 1.29 is 28.5 Å². The quantitative estimate of drug-likeness (QED) is 0.220. The van der Waals surface area contributed by atoms with E-state index in [1.807, 2.05) is 53.7 Å². The number of nitrogens with zero attached hydrogens (tertiary/aromatic N) is 1. The van der Waals surface area contributed by atoms with Crippen LogP contribution in [0.1, 0.15) is 88.2 Å². The Kier molecular flexibility index (Phi) is 8.90. The van der Waals surface area contributed by atoms with Gasteiger partial charge in [0.2, 0.25) is 0 Å². The second kappa shape index (κ2) is 12.1. The van der Waals surface area contributed by atoms with Crippen molar-refractivity contribution in [2.24, 2.45) is 0 Å². The first kappa shape index (κ1) is 31.6. The molecule has 1 heterocycles. The molecule has 0 saturated heterocycles. The van der Waals surface area contributed by atoms with Crippen molar-refractivity contribution in [3.05, 3.63) is 93.0 Å². The van der Waals surface area contributed by atoms with Crippen molar-refractivity contribution >= 4 is 17.1 Å². The lowest BCUT2D eigenvalue weighted by atomic mass is 9.73. The van der Waals surface area contributed by atoms with Crippen LogP contribution in [0, 0.1) is 0 Å². The summed E-state index contributed by atoms with van der Waals surface area (Å²) in [6.45, 7) is 13.9. The summed E-state index contributed by atoms with van der Waals surface area (Å²) in [6, 6.07) is 16.0. The third-order valence-electron chi connectivity index (χ3n) is 7.57. The third kappa shape index (κ3) is 6.38. The Balaban J connectivity index is 2.19. The smallest absolute Gasteiger partial charge is 0.359 e. The number of carbonyl (C=O) groups excluding carboxylic acids is 1. The number of aromatic hydroxyl groups is 1. The topological polar surface area (TPSA) is 108 Å². The molecule has 43 heavy (non-hydrogen) atoms. The number of aromatic nitrogens is 1. The molecule has 4 aromatic rings. The van der Waals surface area contributed by atoms with Gasteiger partial charge in [-0.2, -0.15) is 0 Å². The number of fused-ring (bicyclic) bond motifs is 1. The summed E-state index contributed by atoms with van der Waals surface area (Å²) in [6.07, 6.45) is 0. The fraction of sp³-hybridized carbons (Fsp3) is 0.400. The summed E-state index contributed by atoms with van der Waals surface area (Å²) in [4.78, 5) is 32.3. The number of ether oxygens (including phenoxy) is 3. The Morgan fingerprint density at radius 1 is 0.930 bits per heavy atom. The number of para-hydroxylation sites is 2. The standard InChI is InChI=1S/C35H41NO7/c1-10-42-32(38)29(30-33(39)43-27-14-12-11-13-25(27)36-30)28(22-19-21(40-8)15-16-26(22)41-9)20-17-23(34(2,3)4)31(37)24(18-20)35(5,6)7/h11-19,28-29,37H,10H2,1-9H3. The van der Waals surface area contributed by atoms with Crippen LogP contribution in [0.4, 0.5) is 0 Å². The van der Waals surface area contributed by atoms with E-state index in [4.69, 9.17) is 18.6 Å². The number of hydrogen-bond acceptors (Lipinski definition) is 8. The van der Waals surface area contributed by atoms with Gasteiger partial charge in [-0.1, -0.05) is 65.8 Å². The van der Waals surface area contributed by atoms with Crippen molar-refractivity contribution in [1.82, 2.24) is 4.98 Å². The SMILES string of the molecule is CCOC(=O)C(c1nc2ccccc2oc1=O)C(c1cc(C(C)(C)C)c(O)c(C(C)(C)C)c1)c1cc(OC)ccc1OC. The molecule has 0 fully saturated rings. The molecule has 1 aromatic heterocycles. The number of methoxy groups -OCH3 is 2. The van der Waals surface area contributed by atoms with Crippen molar-refractivity contribution in [3.8, 4) is 17.2 Å². The zero-order valence-electron chi connectivity index (χ0n) is 26.4. The normalized spacial score (nSPS) is 13.4. The molecule has 0 spiro atoms. The first-order chi connectivity index (χ1) is 20.2. The molecule has 0 radical (unpaired) electrons. The zero-order valence-corrected chi connectivity index (χ0v) is 26.4. The monoisotopic (exact) mass is 587 g/mol. The minimum Gasteiger partial charge on any atom is -0.507 e. The Morgan fingerprint density at radius 2 is 1.56 bits per heavy atom.